The van der Waals surface area contributed by atoms with E-state index in [0.717, 1.165) is 56.1 Å². The standard InChI is InChI=1S/C33H48N6O6/c1-25-32(44)30(36-28-8-4-26(5-9-28)34-12-2-14-38(16-20-40)17-21-41)24-31(33(25)45)37-29-10-6-27(7-11-29)35-13-3-15-39(18-22-42)19-23-43/h4-11,24,34-36,40-44H,2-3,12-23H2,1H3. The summed E-state index contributed by atoms with van der Waals surface area (Å²) in [7, 11) is 0. The quantitative estimate of drug-likeness (QED) is 0.0757. The van der Waals surface area contributed by atoms with Gasteiger partial charge in [0.15, 0.2) is 0 Å². The minimum Gasteiger partial charge on any atom is -0.505 e. The maximum absolute atomic E-state index is 12.9. The molecule has 0 unspecified atom stereocenters. The van der Waals surface area contributed by atoms with Gasteiger partial charge >= 0.3 is 0 Å². The maximum Gasteiger partial charge on any atom is 0.210 e. The third kappa shape index (κ3) is 11.9. The van der Waals surface area contributed by atoms with Gasteiger partial charge in [0.05, 0.1) is 37.8 Å². The lowest BCUT2D eigenvalue weighted by molar-refractivity contribution is -0.109. The minimum atomic E-state index is -0.341. The van der Waals surface area contributed by atoms with Crippen LogP contribution >= 0.6 is 0 Å². The van der Waals surface area contributed by atoms with Gasteiger partial charge in [-0.25, -0.2) is 4.99 Å². The fourth-order valence-electron chi connectivity index (χ4n) is 4.88. The van der Waals surface area contributed by atoms with Crippen molar-refractivity contribution in [3.05, 3.63) is 71.6 Å². The molecule has 0 radical (unpaired) electrons. The van der Waals surface area contributed by atoms with Crippen molar-refractivity contribution in [1.82, 2.24) is 9.80 Å². The second-order valence-electron chi connectivity index (χ2n) is 10.7. The van der Waals surface area contributed by atoms with Gasteiger partial charge in [-0.3, -0.25) is 14.6 Å². The predicted octanol–water partition coefficient (Wildman–Crippen LogP) is 2.35. The Balaban J connectivity index is 1.56. The van der Waals surface area contributed by atoms with Gasteiger partial charge in [0.25, 0.3) is 0 Å². The molecule has 0 atom stereocenters. The Morgan fingerprint density at radius 1 is 0.667 bits per heavy atom. The summed E-state index contributed by atoms with van der Waals surface area (Å²) < 4.78 is 0. The highest BCUT2D eigenvalue weighted by Crippen LogP contribution is 2.25. The van der Waals surface area contributed by atoms with Crippen LogP contribution < -0.4 is 16.0 Å². The Kier molecular flexibility index (Phi) is 15.5. The Labute approximate surface area is 265 Å². The van der Waals surface area contributed by atoms with E-state index in [1.807, 2.05) is 58.3 Å². The van der Waals surface area contributed by atoms with Crippen molar-refractivity contribution in [3.63, 3.8) is 0 Å². The molecule has 246 valence electrons. The number of nitrogens with zero attached hydrogens (tertiary/aromatic N) is 3. The zero-order valence-electron chi connectivity index (χ0n) is 26.1. The summed E-state index contributed by atoms with van der Waals surface area (Å²) in [5.74, 6) is -0.459. The Morgan fingerprint density at radius 2 is 1.11 bits per heavy atom. The number of carbonyl (C=O) groups excluding carboxylic acids is 1. The van der Waals surface area contributed by atoms with E-state index in [1.165, 1.54) is 0 Å². The van der Waals surface area contributed by atoms with Gasteiger partial charge in [0.1, 0.15) is 11.5 Å². The summed E-state index contributed by atoms with van der Waals surface area (Å²) in [6.45, 7) is 7.00. The number of aliphatic hydroxyl groups excluding tert-OH is 5. The Hall–Kier alpha value is -3.78. The van der Waals surface area contributed by atoms with Crippen molar-refractivity contribution < 1.29 is 30.3 Å². The first-order valence-corrected chi connectivity index (χ1v) is 15.5. The first kappa shape index (κ1) is 35.7. The molecule has 0 bridgehead atoms. The van der Waals surface area contributed by atoms with Crippen LogP contribution in [0.2, 0.25) is 0 Å². The van der Waals surface area contributed by atoms with Crippen molar-refractivity contribution in [3.8, 4) is 0 Å². The lowest BCUT2D eigenvalue weighted by Gasteiger charge is -2.20. The topological polar surface area (TPSA) is 173 Å². The zero-order chi connectivity index (χ0) is 32.4. The average molecular weight is 625 g/mol. The number of rotatable bonds is 21. The number of hydrogen-bond acceptors (Lipinski definition) is 12. The number of aliphatic imine (C=N–C) groups is 1. The van der Waals surface area contributed by atoms with Crippen LogP contribution in [0.1, 0.15) is 19.8 Å². The molecule has 12 heteroatoms. The van der Waals surface area contributed by atoms with Crippen molar-refractivity contribution in [2.24, 2.45) is 4.99 Å². The molecule has 45 heavy (non-hydrogen) atoms. The predicted molar refractivity (Wildman–Crippen MR) is 179 cm³/mol. The van der Waals surface area contributed by atoms with Gasteiger partial charge in [-0.1, -0.05) is 0 Å². The average Bonchev–Trinajstić information content (AvgIpc) is 3.04. The number of allylic oxidation sites excluding steroid dienone is 2. The highest BCUT2D eigenvalue weighted by atomic mass is 16.3. The van der Waals surface area contributed by atoms with E-state index in [9.17, 15) is 9.90 Å². The van der Waals surface area contributed by atoms with E-state index in [-0.39, 0.29) is 49.3 Å². The van der Waals surface area contributed by atoms with E-state index in [4.69, 9.17) is 20.4 Å². The van der Waals surface area contributed by atoms with Crippen LogP contribution in [0.3, 0.4) is 0 Å². The number of Topliss-reactive ketones (excluding diaryl/α,β-unsaturated/α-hetero) is 1. The second kappa shape index (κ2) is 19.6. The summed E-state index contributed by atoms with van der Waals surface area (Å²) in [6, 6.07) is 15.0. The third-order valence-corrected chi connectivity index (χ3v) is 7.37. The monoisotopic (exact) mass is 624 g/mol. The van der Waals surface area contributed by atoms with Gasteiger partial charge in [-0.2, -0.15) is 0 Å². The molecule has 3 rings (SSSR count). The third-order valence-electron chi connectivity index (χ3n) is 7.37. The number of ketones is 1. The highest BCUT2D eigenvalue weighted by molar-refractivity contribution is 6.51. The van der Waals surface area contributed by atoms with Crippen LogP contribution in [0.15, 0.2) is 76.6 Å². The zero-order valence-corrected chi connectivity index (χ0v) is 26.1. The molecule has 1 aliphatic rings. The molecule has 0 aliphatic heterocycles. The molecule has 2 aromatic carbocycles. The van der Waals surface area contributed by atoms with E-state index in [0.29, 0.717) is 37.6 Å². The molecule has 0 amide bonds. The van der Waals surface area contributed by atoms with Crippen LogP contribution in [0.25, 0.3) is 0 Å². The maximum atomic E-state index is 12.9. The summed E-state index contributed by atoms with van der Waals surface area (Å²) >= 11 is 0. The number of anilines is 3. The van der Waals surface area contributed by atoms with Gasteiger partial charge in [0.2, 0.25) is 5.78 Å². The first-order chi connectivity index (χ1) is 21.9. The SMILES string of the molecule is CC1=C(O)C(Nc2ccc(NCCCN(CCO)CCO)cc2)=CC(=Nc2ccc(NCCCN(CCO)CCO)cc2)C1=O. The van der Waals surface area contributed by atoms with Crippen molar-refractivity contribution in [2.75, 3.05) is 94.7 Å². The Bertz CT molecular complexity index is 1270. The van der Waals surface area contributed by atoms with Crippen LogP contribution in [0, 0.1) is 0 Å². The van der Waals surface area contributed by atoms with Gasteiger partial charge in [0, 0.05) is 61.9 Å². The molecule has 0 heterocycles. The lowest BCUT2D eigenvalue weighted by Crippen LogP contribution is -2.31. The van der Waals surface area contributed by atoms with Gasteiger partial charge in [-0.05, 0) is 87.5 Å². The molecule has 0 spiro atoms. The molecular formula is C33H48N6O6. The molecule has 0 fully saturated rings. The molecule has 0 saturated carbocycles. The molecule has 12 nitrogen and oxygen atoms in total. The number of aliphatic hydroxyl groups is 5. The largest absolute Gasteiger partial charge is 0.505 e. The van der Waals surface area contributed by atoms with Gasteiger partial charge < -0.3 is 41.5 Å². The van der Waals surface area contributed by atoms with Crippen molar-refractivity contribution in [2.45, 2.75) is 19.8 Å². The fourth-order valence-corrected chi connectivity index (χ4v) is 4.88. The molecule has 0 aromatic heterocycles. The second-order valence-corrected chi connectivity index (χ2v) is 10.7. The number of nitrogens with one attached hydrogen (secondary N) is 3. The van der Waals surface area contributed by atoms with Crippen LogP contribution in [0.5, 0.6) is 0 Å². The first-order valence-electron chi connectivity index (χ1n) is 15.5. The molecule has 2 aromatic rings. The molecule has 0 saturated heterocycles. The van der Waals surface area contributed by atoms with E-state index >= 15 is 0 Å². The van der Waals surface area contributed by atoms with E-state index in [1.54, 1.807) is 13.0 Å². The molecular weight excluding hydrogens is 576 g/mol. The summed E-state index contributed by atoms with van der Waals surface area (Å²) in [4.78, 5) is 21.5. The van der Waals surface area contributed by atoms with Crippen molar-refractivity contribution >= 4 is 34.2 Å². The van der Waals surface area contributed by atoms with Crippen LogP contribution in [0.4, 0.5) is 22.7 Å². The summed E-state index contributed by atoms with van der Waals surface area (Å²) in [6.07, 6.45) is 3.26. The van der Waals surface area contributed by atoms with E-state index < -0.39 is 0 Å². The smallest absolute Gasteiger partial charge is 0.210 e. The summed E-state index contributed by atoms with van der Waals surface area (Å²) in [5, 5.41) is 57.1. The number of hydrogen-bond donors (Lipinski definition) is 8. The van der Waals surface area contributed by atoms with Crippen LogP contribution in [-0.2, 0) is 4.79 Å². The van der Waals surface area contributed by atoms with Gasteiger partial charge in [-0.15, -0.1) is 0 Å². The fraction of sp³-hybridized carbons (Fsp3) is 0.455. The highest BCUT2D eigenvalue weighted by Gasteiger charge is 2.24. The molecule has 1 aliphatic carbocycles. The normalized spacial score (nSPS) is 14.4. The van der Waals surface area contributed by atoms with Crippen molar-refractivity contribution in [1.29, 1.82) is 0 Å². The number of carbonyl (C=O) groups is 1. The summed E-state index contributed by atoms with van der Waals surface area (Å²) in [5.41, 5.74) is 4.01. The van der Waals surface area contributed by atoms with Crippen LogP contribution in [-0.4, -0.2) is 126 Å². The Morgan fingerprint density at radius 3 is 1.58 bits per heavy atom. The minimum absolute atomic E-state index is 0.0635. The van der Waals surface area contributed by atoms with E-state index in [2.05, 4.69) is 20.9 Å². The number of benzene rings is 2. The molecule has 8 N–H and O–H groups in total. The lowest BCUT2D eigenvalue weighted by atomic mass is 9.99.